The van der Waals surface area contributed by atoms with E-state index in [4.69, 9.17) is 4.74 Å². The van der Waals surface area contributed by atoms with Crippen molar-refractivity contribution in [1.29, 1.82) is 0 Å². The molecular formula is C26H22F6NO2+. The molecule has 0 N–H and O–H groups in total. The third-order valence-electron chi connectivity index (χ3n) is 5.94. The predicted molar refractivity (Wildman–Crippen MR) is 115 cm³/mol. The standard InChI is InChI=1S/C26H22F6NO2/c1-2-35-24(34)23-12-22(23)19-11-18(17-5-9-21(10-6-17)26(30,31)32)14-33(15-19)13-16-3-7-20(8-4-16)25(27,28)29/h3-11,14-15,22-23H,2,12-13H2,1H3/q+1. The lowest BCUT2D eigenvalue weighted by molar-refractivity contribution is -0.688. The first-order valence-electron chi connectivity index (χ1n) is 11.0. The monoisotopic (exact) mass is 494 g/mol. The van der Waals surface area contributed by atoms with E-state index in [0.717, 1.165) is 29.8 Å². The number of benzene rings is 2. The third kappa shape index (κ3) is 5.83. The summed E-state index contributed by atoms with van der Waals surface area (Å²) in [4.78, 5) is 12.1. The molecule has 0 spiro atoms. The van der Waals surface area contributed by atoms with Gasteiger partial charge < -0.3 is 4.74 Å². The highest BCUT2D eigenvalue weighted by atomic mass is 19.4. The Labute approximate surface area is 198 Å². The first-order valence-corrected chi connectivity index (χ1v) is 11.0. The number of alkyl halides is 6. The second-order valence-electron chi connectivity index (χ2n) is 8.50. The van der Waals surface area contributed by atoms with Gasteiger partial charge in [0, 0.05) is 22.6 Å². The Morgan fingerprint density at radius 2 is 1.46 bits per heavy atom. The number of ether oxygens (including phenoxy) is 1. The summed E-state index contributed by atoms with van der Waals surface area (Å²) in [5, 5.41) is 0. The molecule has 1 heterocycles. The molecule has 0 saturated heterocycles. The number of nitrogens with zero attached hydrogens (tertiary/aromatic N) is 1. The van der Waals surface area contributed by atoms with Gasteiger partial charge in [0.2, 0.25) is 0 Å². The minimum Gasteiger partial charge on any atom is -0.466 e. The number of hydrogen-bond acceptors (Lipinski definition) is 2. The molecule has 1 aliphatic rings. The molecule has 35 heavy (non-hydrogen) atoms. The minimum atomic E-state index is -4.45. The molecule has 0 aliphatic heterocycles. The summed E-state index contributed by atoms with van der Waals surface area (Å²) < 4.78 is 84.4. The molecule has 1 aromatic heterocycles. The van der Waals surface area contributed by atoms with Gasteiger partial charge in [0.1, 0.15) is 0 Å². The number of hydrogen-bond donors (Lipinski definition) is 0. The van der Waals surface area contributed by atoms with E-state index in [2.05, 4.69) is 0 Å². The fraction of sp³-hybridized carbons (Fsp3) is 0.308. The molecule has 1 fully saturated rings. The van der Waals surface area contributed by atoms with Crippen LogP contribution < -0.4 is 4.57 Å². The van der Waals surface area contributed by atoms with Crippen molar-refractivity contribution < 1.29 is 40.4 Å². The van der Waals surface area contributed by atoms with Crippen LogP contribution in [0.2, 0.25) is 0 Å². The summed E-state index contributed by atoms with van der Waals surface area (Å²) in [6.07, 6.45) is -4.75. The fourth-order valence-corrected chi connectivity index (χ4v) is 4.05. The second kappa shape index (κ2) is 9.36. The van der Waals surface area contributed by atoms with E-state index in [-0.39, 0.29) is 31.0 Å². The quantitative estimate of drug-likeness (QED) is 0.226. The Morgan fingerprint density at radius 3 is 2.00 bits per heavy atom. The van der Waals surface area contributed by atoms with Crippen molar-refractivity contribution in [3.8, 4) is 11.1 Å². The van der Waals surface area contributed by atoms with Crippen molar-refractivity contribution in [3.63, 3.8) is 0 Å². The van der Waals surface area contributed by atoms with Gasteiger partial charge in [-0.15, -0.1) is 0 Å². The molecule has 1 aliphatic carbocycles. The molecule has 2 atom stereocenters. The van der Waals surface area contributed by atoms with Crippen LogP contribution in [0.4, 0.5) is 26.3 Å². The number of esters is 1. The van der Waals surface area contributed by atoms with Crippen molar-refractivity contribution in [2.45, 2.75) is 38.2 Å². The van der Waals surface area contributed by atoms with Crippen LogP contribution in [0, 0.1) is 5.92 Å². The molecule has 0 bridgehead atoms. The summed E-state index contributed by atoms with van der Waals surface area (Å²) in [6.45, 7) is 2.23. The average molecular weight is 494 g/mol. The van der Waals surface area contributed by atoms with Crippen LogP contribution in [0.5, 0.6) is 0 Å². The number of halogens is 6. The van der Waals surface area contributed by atoms with Crippen LogP contribution in [0.15, 0.2) is 67.0 Å². The van der Waals surface area contributed by atoms with Crippen LogP contribution in [-0.2, 0) is 28.4 Å². The van der Waals surface area contributed by atoms with Crippen molar-refractivity contribution >= 4 is 5.97 Å². The molecule has 0 radical (unpaired) electrons. The second-order valence-corrected chi connectivity index (χ2v) is 8.50. The van der Waals surface area contributed by atoms with Gasteiger partial charge in [-0.1, -0.05) is 24.3 Å². The van der Waals surface area contributed by atoms with Crippen molar-refractivity contribution in [2.75, 3.05) is 6.61 Å². The van der Waals surface area contributed by atoms with Crippen LogP contribution in [0.3, 0.4) is 0 Å². The highest BCUT2D eigenvalue weighted by Crippen LogP contribution is 2.48. The molecule has 3 nitrogen and oxygen atoms in total. The van der Waals surface area contributed by atoms with Crippen molar-refractivity contribution in [2.24, 2.45) is 5.92 Å². The maximum Gasteiger partial charge on any atom is 0.416 e. The van der Waals surface area contributed by atoms with Gasteiger partial charge in [-0.05, 0) is 49.2 Å². The lowest BCUT2D eigenvalue weighted by Crippen LogP contribution is -2.34. The summed E-state index contributed by atoms with van der Waals surface area (Å²) in [7, 11) is 0. The first kappa shape index (κ1) is 24.8. The van der Waals surface area contributed by atoms with Gasteiger partial charge in [0.15, 0.2) is 18.9 Å². The van der Waals surface area contributed by atoms with E-state index in [9.17, 15) is 31.1 Å². The molecule has 1 saturated carbocycles. The number of carbonyl (C=O) groups excluding carboxylic acids is 1. The van der Waals surface area contributed by atoms with Gasteiger partial charge in [-0.2, -0.15) is 30.9 Å². The van der Waals surface area contributed by atoms with E-state index in [1.165, 1.54) is 24.3 Å². The average Bonchev–Trinajstić information content (AvgIpc) is 3.60. The number of carbonyl (C=O) groups is 1. The zero-order chi connectivity index (χ0) is 25.4. The normalized spacial score (nSPS) is 17.8. The van der Waals surface area contributed by atoms with E-state index in [1.54, 1.807) is 17.7 Å². The molecule has 2 aromatic carbocycles. The predicted octanol–water partition coefficient (Wildman–Crippen LogP) is 6.39. The van der Waals surface area contributed by atoms with E-state index >= 15 is 0 Å². The largest absolute Gasteiger partial charge is 0.466 e. The molecule has 4 rings (SSSR count). The zero-order valence-electron chi connectivity index (χ0n) is 18.7. The number of pyridine rings is 1. The Morgan fingerprint density at radius 1 is 0.886 bits per heavy atom. The van der Waals surface area contributed by atoms with Crippen molar-refractivity contribution in [1.82, 2.24) is 0 Å². The van der Waals surface area contributed by atoms with Gasteiger partial charge in [0.05, 0.1) is 23.7 Å². The Kier molecular flexibility index (Phi) is 6.62. The van der Waals surface area contributed by atoms with E-state index in [1.807, 2.05) is 12.3 Å². The molecule has 2 unspecified atom stereocenters. The molecule has 184 valence electrons. The molecule has 3 aromatic rings. The van der Waals surface area contributed by atoms with Gasteiger partial charge in [-0.3, -0.25) is 4.79 Å². The third-order valence-corrected chi connectivity index (χ3v) is 5.94. The van der Waals surface area contributed by atoms with Gasteiger partial charge >= 0.3 is 18.3 Å². The van der Waals surface area contributed by atoms with E-state index in [0.29, 0.717) is 23.1 Å². The van der Waals surface area contributed by atoms with Gasteiger partial charge in [-0.25, -0.2) is 0 Å². The Hall–Kier alpha value is -3.36. The maximum atomic E-state index is 13.0. The highest BCUT2D eigenvalue weighted by Gasteiger charge is 2.46. The summed E-state index contributed by atoms with van der Waals surface area (Å²) >= 11 is 0. The lowest BCUT2D eigenvalue weighted by atomic mass is 10.0. The van der Waals surface area contributed by atoms with Gasteiger partial charge in [0.25, 0.3) is 0 Å². The number of rotatable bonds is 6. The topological polar surface area (TPSA) is 30.2 Å². The molecule has 0 amide bonds. The van der Waals surface area contributed by atoms with Crippen LogP contribution in [0.1, 0.15) is 41.5 Å². The molecule has 9 heteroatoms. The smallest absolute Gasteiger partial charge is 0.416 e. The molecular weight excluding hydrogens is 472 g/mol. The van der Waals surface area contributed by atoms with E-state index < -0.39 is 23.5 Å². The number of aromatic nitrogens is 1. The minimum absolute atomic E-state index is 0.0951. The van der Waals surface area contributed by atoms with Crippen LogP contribution in [0.25, 0.3) is 11.1 Å². The fourth-order valence-electron chi connectivity index (χ4n) is 4.05. The maximum absolute atomic E-state index is 13.0. The summed E-state index contributed by atoms with van der Waals surface area (Å²) in [5.41, 5.74) is 1.11. The Bertz CT molecular complexity index is 1200. The first-order chi connectivity index (χ1) is 16.5. The highest BCUT2D eigenvalue weighted by molar-refractivity contribution is 5.77. The zero-order valence-corrected chi connectivity index (χ0v) is 18.7. The Balaban J connectivity index is 1.66. The van der Waals surface area contributed by atoms with Crippen LogP contribution >= 0.6 is 0 Å². The SMILES string of the molecule is CCOC(=O)C1CC1c1cc(-c2ccc(C(F)(F)F)cc2)c[n+](Cc2ccc(C(F)(F)F)cc2)c1. The van der Waals surface area contributed by atoms with Crippen molar-refractivity contribution in [3.05, 3.63) is 89.2 Å². The van der Waals surface area contributed by atoms with Crippen LogP contribution in [-0.4, -0.2) is 12.6 Å². The summed E-state index contributed by atoms with van der Waals surface area (Å²) in [6, 6.07) is 11.4. The summed E-state index contributed by atoms with van der Waals surface area (Å²) in [5.74, 6) is -0.689. The lowest BCUT2D eigenvalue weighted by Gasteiger charge is -2.10.